The zero-order valence-electron chi connectivity index (χ0n) is 17.7. The lowest BCUT2D eigenvalue weighted by Crippen LogP contribution is -2.15. The Morgan fingerprint density at radius 1 is 1.07 bits per heavy atom. The van der Waals surface area contributed by atoms with E-state index in [2.05, 4.69) is 51.2 Å². The lowest BCUT2D eigenvalue weighted by molar-refractivity contribution is 0.193. The average Bonchev–Trinajstić information content (AvgIpc) is 2.66. The molecule has 0 aliphatic carbocycles. The van der Waals surface area contributed by atoms with Crippen molar-refractivity contribution >= 4 is 5.82 Å². The molecule has 2 heterocycles. The van der Waals surface area contributed by atoms with E-state index in [1.807, 2.05) is 20.9 Å². The molecule has 0 saturated heterocycles. The standard InChI is InChI=1S/C22H33N3O2/c1-8-16(9-2)27-19-13-15(6)20(25-21(19)23-7)17-11-12-18(14(4)5)24-22(17)26-10-3/h11-14,16H,8-10H2,1-7H3,(H,23,25). The number of ether oxygens (including phenoxy) is 2. The van der Waals surface area contributed by atoms with Gasteiger partial charge in [0.25, 0.3) is 0 Å². The SMILES string of the molecule is CCOc1nc(C(C)C)ccc1-c1nc(NC)c(OC(CC)CC)cc1C. The van der Waals surface area contributed by atoms with Gasteiger partial charge in [-0.1, -0.05) is 27.7 Å². The first-order chi connectivity index (χ1) is 12.9. The highest BCUT2D eigenvalue weighted by Gasteiger charge is 2.18. The lowest BCUT2D eigenvalue weighted by Gasteiger charge is -2.20. The molecule has 0 fully saturated rings. The summed E-state index contributed by atoms with van der Waals surface area (Å²) in [6.45, 7) is 13.1. The summed E-state index contributed by atoms with van der Waals surface area (Å²) < 4.78 is 12.0. The van der Waals surface area contributed by atoms with Gasteiger partial charge in [0.15, 0.2) is 11.6 Å². The number of anilines is 1. The van der Waals surface area contributed by atoms with Gasteiger partial charge in [0, 0.05) is 12.7 Å². The number of pyridine rings is 2. The van der Waals surface area contributed by atoms with E-state index in [0.29, 0.717) is 18.4 Å². The number of aryl methyl sites for hydroxylation is 1. The van der Waals surface area contributed by atoms with Gasteiger partial charge < -0.3 is 14.8 Å². The number of nitrogens with zero attached hydrogens (tertiary/aromatic N) is 2. The van der Waals surface area contributed by atoms with E-state index in [9.17, 15) is 0 Å². The van der Waals surface area contributed by atoms with E-state index < -0.39 is 0 Å². The molecule has 0 unspecified atom stereocenters. The molecule has 0 saturated carbocycles. The van der Waals surface area contributed by atoms with Crippen LogP contribution in [0.15, 0.2) is 18.2 Å². The van der Waals surface area contributed by atoms with Crippen molar-refractivity contribution in [2.24, 2.45) is 0 Å². The fourth-order valence-corrected chi connectivity index (χ4v) is 2.97. The monoisotopic (exact) mass is 371 g/mol. The van der Waals surface area contributed by atoms with Gasteiger partial charge in [-0.2, -0.15) is 0 Å². The van der Waals surface area contributed by atoms with Crippen LogP contribution in [0, 0.1) is 6.92 Å². The molecule has 0 spiro atoms. The Bertz CT molecular complexity index is 755. The first-order valence-corrected chi connectivity index (χ1v) is 9.95. The number of aromatic nitrogens is 2. The van der Waals surface area contributed by atoms with Gasteiger partial charge in [0.05, 0.1) is 24.0 Å². The van der Waals surface area contributed by atoms with Gasteiger partial charge in [-0.25, -0.2) is 9.97 Å². The van der Waals surface area contributed by atoms with Crippen molar-refractivity contribution in [1.82, 2.24) is 9.97 Å². The summed E-state index contributed by atoms with van der Waals surface area (Å²) in [7, 11) is 1.87. The van der Waals surface area contributed by atoms with E-state index >= 15 is 0 Å². The molecule has 0 aliphatic rings. The van der Waals surface area contributed by atoms with Crippen LogP contribution in [-0.2, 0) is 0 Å². The quantitative estimate of drug-likeness (QED) is 0.623. The minimum absolute atomic E-state index is 0.190. The third-order valence-electron chi connectivity index (χ3n) is 4.63. The maximum atomic E-state index is 6.16. The normalized spacial score (nSPS) is 11.1. The third kappa shape index (κ3) is 4.90. The minimum atomic E-state index is 0.190. The summed E-state index contributed by atoms with van der Waals surface area (Å²) in [6.07, 6.45) is 2.13. The van der Waals surface area contributed by atoms with Crippen LogP contribution in [0.2, 0.25) is 0 Å². The van der Waals surface area contributed by atoms with Crippen LogP contribution in [0.5, 0.6) is 11.6 Å². The van der Waals surface area contributed by atoms with Gasteiger partial charge in [-0.05, 0) is 56.4 Å². The molecule has 0 aromatic carbocycles. The van der Waals surface area contributed by atoms with E-state index in [4.69, 9.17) is 19.4 Å². The van der Waals surface area contributed by atoms with Crippen molar-refractivity contribution in [1.29, 1.82) is 0 Å². The molecular weight excluding hydrogens is 338 g/mol. The highest BCUT2D eigenvalue weighted by molar-refractivity contribution is 5.72. The fourth-order valence-electron chi connectivity index (χ4n) is 2.97. The van der Waals surface area contributed by atoms with Crippen molar-refractivity contribution in [2.75, 3.05) is 19.0 Å². The molecule has 1 N–H and O–H groups in total. The summed E-state index contributed by atoms with van der Waals surface area (Å²) in [5.41, 5.74) is 3.82. The predicted molar refractivity (Wildman–Crippen MR) is 112 cm³/mol. The van der Waals surface area contributed by atoms with Gasteiger partial charge in [-0.3, -0.25) is 0 Å². The molecule has 0 atom stereocenters. The highest BCUT2D eigenvalue weighted by Crippen LogP contribution is 2.36. The first-order valence-electron chi connectivity index (χ1n) is 9.95. The second kappa shape index (κ2) is 9.58. The summed E-state index contributed by atoms with van der Waals surface area (Å²) >= 11 is 0. The van der Waals surface area contributed by atoms with E-state index in [1.54, 1.807) is 0 Å². The van der Waals surface area contributed by atoms with Gasteiger partial charge in [0.1, 0.15) is 0 Å². The lowest BCUT2D eigenvalue weighted by atomic mass is 10.0. The fraction of sp³-hybridized carbons (Fsp3) is 0.545. The third-order valence-corrected chi connectivity index (χ3v) is 4.63. The molecule has 5 nitrogen and oxygen atoms in total. The average molecular weight is 372 g/mol. The molecular formula is C22H33N3O2. The second-order valence-corrected chi connectivity index (χ2v) is 6.98. The molecule has 0 radical (unpaired) electrons. The Hall–Kier alpha value is -2.30. The maximum absolute atomic E-state index is 6.16. The van der Waals surface area contributed by atoms with Crippen LogP contribution in [0.1, 0.15) is 64.6 Å². The Kier molecular flexibility index (Phi) is 7.45. The summed E-state index contributed by atoms with van der Waals surface area (Å²) in [5, 5.41) is 3.17. The molecule has 2 aromatic rings. The number of hydrogen-bond donors (Lipinski definition) is 1. The van der Waals surface area contributed by atoms with E-state index in [-0.39, 0.29) is 6.10 Å². The Morgan fingerprint density at radius 3 is 2.33 bits per heavy atom. The van der Waals surface area contributed by atoms with Crippen LogP contribution < -0.4 is 14.8 Å². The Morgan fingerprint density at radius 2 is 1.78 bits per heavy atom. The van der Waals surface area contributed by atoms with Crippen molar-refractivity contribution in [2.45, 2.75) is 66.4 Å². The first kappa shape index (κ1) is 21.0. The van der Waals surface area contributed by atoms with Gasteiger partial charge >= 0.3 is 0 Å². The highest BCUT2D eigenvalue weighted by atomic mass is 16.5. The summed E-state index contributed by atoms with van der Waals surface area (Å²) in [4.78, 5) is 9.56. The molecule has 0 bridgehead atoms. The van der Waals surface area contributed by atoms with E-state index in [1.165, 1.54) is 0 Å². The van der Waals surface area contributed by atoms with E-state index in [0.717, 1.165) is 46.9 Å². The molecule has 148 valence electrons. The van der Waals surface area contributed by atoms with Crippen molar-refractivity contribution < 1.29 is 9.47 Å². The molecule has 0 aliphatic heterocycles. The molecule has 0 amide bonds. The molecule has 27 heavy (non-hydrogen) atoms. The molecule has 2 rings (SSSR count). The molecule has 2 aromatic heterocycles. The van der Waals surface area contributed by atoms with Crippen LogP contribution >= 0.6 is 0 Å². The van der Waals surface area contributed by atoms with Gasteiger partial charge in [-0.15, -0.1) is 0 Å². The minimum Gasteiger partial charge on any atom is -0.487 e. The zero-order chi connectivity index (χ0) is 20.0. The molecule has 5 heteroatoms. The Labute approximate surface area is 163 Å². The van der Waals surface area contributed by atoms with Crippen LogP contribution in [0.25, 0.3) is 11.3 Å². The Balaban J connectivity index is 2.52. The van der Waals surface area contributed by atoms with Crippen molar-refractivity contribution in [3.8, 4) is 22.9 Å². The van der Waals surface area contributed by atoms with Crippen molar-refractivity contribution in [3.05, 3.63) is 29.5 Å². The maximum Gasteiger partial charge on any atom is 0.223 e. The zero-order valence-corrected chi connectivity index (χ0v) is 17.7. The number of rotatable bonds is 9. The van der Waals surface area contributed by atoms with Crippen LogP contribution in [0.4, 0.5) is 5.82 Å². The second-order valence-electron chi connectivity index (χ2n) is 6.98. The van der Waals surface area contributed by atoms with Crippen LogP contribution in [-0.4, -0.2) is 29.7 Å². The smallest absolute Gasteiger partial charge is 0.223 e. The topological polar surface area (TPSA) is 56.3 Å². The summed E-state index contributed by atoms with van der Waals surface area (Å²) in [6, 6.07) is 6.17. The van der Waals surface area contributed by atoms with Gasteiger partial charge in [0.2, 0.25) is 5.88 Å². The number of hydrogen-bond acceptors (Lipinski definition) is 5. The number of nitrogens with one attached hydrogen (secondary N) is 1. The largest absolute Gasteiger partial charge is 0.487 e. The van der Waals surface area contributed by atoms with Crippen molar-refractivity contribution in [3.63, 3.8) is 0 Å². The van der Waals surface area contributed by atoms with Crippen LogP contribution in [0.3, 0.4) is 0 Å². The summed E-state index contributed by atoms with van der Waals surface area (Å²) in [5.74, 6) is 2.50. The predicted octanol–water partition coefficient (Wildman–Crippen LogP) is 5.58.